The van der Waals surface area contributed by atoms with Gasteiger partial charge in [0.05, 0.1) is 5.60 Å². The van der Waals surface area contributed by atoms with Gasteiger partial charge in [-0.15, -0.1) is 11.8 Å². The van der Waals surface area contributed by atoms with Crippen molar-refractivity contribution in [1.82, 2.24) is 0 Å². The molecule has 1 rings (SSSR count). The number of hydrogen-bond donors (Lipinski definition) is 1. The second-order valence-electron chi connectivity index (χ2n) is 4.00. The lowest BCUT2D eigenvalue weighted by atomic mass is 9.99. The highest BCUT2D eigenvalue weighted by Gasteiger charge is 2.27. The third kappa shape index (κ3) is 3.98. The number of ether oxygens (including phenoxy) is 1. The van der Waals surface area contributed by atoms with Crippen LogP contribution in [0.3, 0.4) is 0 Å². The van der Waals surface area contributed by atoms with E-state index in [1.807, 2.05) is 6.07 Å². The summed E-state index contributed by atoms with van der Waals surface area (Å²) in [5.41, 5.74) is 5.35. The minimum atomic E-state index is -0.248. The molecule has 2 N–H and O–H groups in total. The molecule has 0 aliphatic carbocycles. The van der Waals surface area contributed by atoms with Crippen LogP contribution in [0.2, 0.25) is 0 Å². The standard InChI is InChI=1S/C13H20FNOS/c1-3-13(16-2,8-9-15)10-17-12-7-5-4-6-11(12)14/h4-7H,3,8-10,15H2,1-2H3. The Morgan fingerprint density at radius 1 is 1.41 bits per heavy atom. The Bertz CT molecular complexity index is 342. The van der Waals surface area contributed by atoms with Gasteiger partial charge in [-0.2, -0.15) is 0 Å². The third-order valence-electron chi connectivity index (χ3n) is 3.00. The predicted molar refractivity (Wildman–Crippen MR) is 70.8 cm³/mol. The highest BCUT2D eigenvalue weighted by Crippen LogP contribution is 2.30. The quantitative estimate of drug-likeness (QED) is 0.762. The summed E-state index contributed by atoms with van der Waals surface area (Å²) in [5.74, 6) is 0.546. The lowest BCUT2D eigenvalue weighted by Gasteiger charge is -2.30. The molecule has 0 saturated heterocycles. The summed E-state index contributed by atoms with van der Waals surface area (Å²) in [4.78, 5) is 0.666. The molecule has 0 saturated carbocycles. The molecule has 1 unspecified atom stereocenters. The number of benzene rings is 1. The Morgan fingerprint density at radius 3 is 2.65 bits per heavy atom. The molecule has 2 nitrogen and oxygen atoms in total. The monoisotopic (exact) mass is 257 g/mol. The summed E-state index contributed by atoms with van der Waals surface area (Å²) >= 11 is 1.49. The Balaban J connectivity index is 2.67. The second-order valence-corrected chi connectivity index (χ2v) is 5.02. The van der Waals surface area contributed by atoms with Gasteiger partial charge in [0.1, 0.15) is 5.82 Å². The van der Waals surface area contributed by atoms with E-state index in [1.165, 1.54) is 17.8 Å². The molecule has 1 atom stereocenters. The molecule has 0 aromatic heterocycles. The first-order chi connectivity index (χ1) is 8.17. The predicted octanol–water partition coefficient (Wildman–Crippen LogP) is 3.06. The van der Waals surface area contributed by atoms with Crippen LogP contribution in [-0.4, -0.2) is 25.0 Å². The molecule has 4 heteroatoms. The van der Waals surface area contributed by atoms with E-state index in [4.69, 9.17) is 10.5 Å². The average molecular weight is 257 g/mol. The summed E-state index contributed by atoms with van der Waals surface area (Å²) in [6, 6.07) is 6.81. The number of methoxy groups -OCH3 is 1. The fourth-order valence-corrected chi connectivity index (χ4v) is 2.96. The summed E-state index contributed by atoms with van der Waals surface area (Å²) in [7, 11) is 1.70. The summed E-state index contributed by atoms with van der Waals surface area (Å²) in [5, 5.41) is 0. The molecule has 96 valence electrons. The van der Waals surface area contributed by atoms with Gasteiger partial charge in [0.2, 0.25) is 0 Å². The summed E-state index contributed by atoms with van der Waals surface area (Å²) in [6.07, 6.45) is 1.67. The van der Waals surface area contributed by atoms with Crippen LogP contribution in [0.5, 0.6) is 0 Å². The number of thioether (sulfide) groups is 1. The van der Waals surface area contributed by atoms with E-state index >= 15 is 0 Å². The van der Waals surface area contributed by atoms with Gasteiger partial charge in [-0.3, -0.25) is 0 Å². The van der Waals surface area contributed by atoms with E-state index in [9.17, 15) is 4.39 Å². The van der Waals surface area contributed by atoms with Crippen molar-refractivity contribution in [2.45, 2.75) is 30.3 Å². The minimum Gasteiger partial charge on any atom is -0.377 e. The molecule has 17 heavy (non-hydrogen) atoms. The third-order valence-corrected chi connectivity index (χ3v) is 4.32. The van der Waals surface area contributed by atoms with Gasteiger partial charge < -0.3 is 10.5 Å². The second kappa shape index (κ2) is 6.99. The average Bonchev–Trinajstić information content (AvgIpc) is 2.36. The fraction of sp³-hybridized carbons (Fsp3) is 0.538. The van der Waals surface area contributed by atoms with Crippen LogP contribution in [0.15, 0.2) is 29.2 Å². The van der Waals surface area contributed by atoms with Crippen LogP contribution in [0, 0.1) is 5.82 Å². The first kappa shape index (κ1) is 14.5. The highest BCUT2D eigenvalue weighted by atomic mass is 32.2. The summed E-state index contributed by atoms with van der Waals surface area (Å²) in [6.45, 7) is 2.65. The number of halogens is 1. The van der Waals surface area contributed by atoms with Crippen molar-refractivity contribution < 1.29 is 9.13 Å². The first-order valence-corrected chi connectivity index (χ1v) is 6.78. The lowest BCUT2D eigenvalue weighted by molar-refractivity contribution is 0.00220. The molecular formula is C13H20FNOS. The van der Waals surface area contributed by atoms with E-state index in [2.05, 4.69) is 6.92 Å². The summed E-state index contributed by atoms with van der Waals surface area (Å²) < 4.78 is 19.0. The molecule has 0 spiro atoms. The largest absolute Gasteiger partial charge is 0.377 e. The van der Waals surface area contributed by atoms with Gasteiger partial charge in [0.25, 0.3) is 0 Å². The number of nitrogens with two attached hydrogens (primary N) is 1. The van der Waals surface area contributed by atoms with Crippen molar-refractivity contribution in [1.29, 1.82) is 0 Å². The van der Waals surface area contributed by atoms with Gasteiger partial charge >= 0.3 is 0 Å². The van der Waals surface area contributed by atoms with Crippen LogP contribution in [0.25, 0.3) is 0 Å². The van der Waals surface area contributed by atoms with Gasteiger partial charge in [-0.25, -0.2) is 4.39 Å². The molecule has 0 fully saturated rings. The van der Waals surface area contributed by atoms with Crippen LogP contribution in [0.4, 0.5) is 4.39 Å². The maximum Gasteiger partial charge on any atom is 0.136 e. The Labute approximate surface area is 107 Å². The van der Waals surface area contributed by atoms with Crippen LogP contribution in [0.1, 0.15) is 19.8 Å². The lowest BCUT2D eigenvalue weighted by Crippen LogP contribution is -2.36. The van der Waals surface area contributed by atoms with Crippen molar-refractivity contribution in [3.05, 3.63) is 30.1 Å². The number of rotatable bonds is 7. The zero-order valence-electron chi connectivity index (χ0n) is 10.4. The Morgan fingerprint density at radius 2 is 2.12 bits per heavy atom. The van der Waals surface area contributed by atoms with E-state index in [0.29, 0.717) is 11.4 Å². The van der Waals surface area contributed by atoms with Gasteiger partial charge in [0.15, 0.2) is 0 Å². The van der Waals surface area contributed by atoms with E-state index in [1.54, 1.807) is 19.2 Å². The molecule has 0 amide bonds. The fourth-order valence-electron chi connectivity index (χ4n) is 1.69. The van der Waals surface area contributed by atoms with E-state index in [0.717, 1.165) is 18.6 Å². The zero-order valence-corrected chi connectivity index (χ0v) is 11.2. The maximum absolute atomic E-state index is 13.5. The molecule has 1 aromatic rings. The van der Waals surface area contributed by atoms with Crippen LogP contribution < -0.4 is 5.73 Å². The highest BCUT2D eigenvalue weighted by molar-refractivity contribution is 7.99. The van der Waals surface area contributed by atoms with Gasteiger partial charge in [0, 0.05) is 17.8 Å². The van der Waals surface area contributed by atoms with Gasteiger partial charge in [-0.05, 0) is 31.5 Å². The smallest absolute Gasteiger partial charge is 0.136 e. The molecule has 0 aliphatic rings. The molecule has 0 heterocycles. The van der Waals surface area contributed by atoms with Crippen molar-refractivity contribution in [2.75, 3.05) is 19.4 Å². The first-order valence-electron chi connectivity index (χ1n) is 5.80. The van der Waals surface area contributed by atoms with Crippen molar-refractivity contribution in [2.24, 2.45) is 5.73 Å². The van der Waals surface area contributed by atoms with Gasteiger partial charge in [-0.1, -0.05) is 19.1 Å². The van der Waals surface area contributed by atoms with Crippen LogP contribution in [-0.2, 0) is 4.74 Å². The molecule has 0 aliphatic heterocycles. The Hall–Kier alpha value is -0.580. The van der Waals surface area contributed by atoms with E-state index < -0.39 is 0 Å². The Kier molecular flexibility index (Phi) is 5.95. The molecular weight excluding hydrogens is 237 g/mol. The molecule has 1 aromatic carbocycles. The molecule has 0 bridgehead atoms. The van der Waals surface area contributed by atoms with Crippen LogP contribution >= 0.6 is 11.8 Å². The normalized spacial score (nSPS) is 14.6. The number of hydrogen-bond acceptors (Lipinski definition) is 3. The maximum atomic E-state index is 13.5. The van der Waals surface area contributed by atoms with E-state index in [-0.39, 0.29) is 11.4 Å². The van der Waals surface area contributed by atoms with Crippen molar-refractivity contribution >= 4 is 11.8 Å². The van der Waals surface area contributed by atoms with Crippen molar-refractivity contribution in [3.8, 4) is 0 Å². The zero-order chi connectivity index (χ0) is 12.7. The molecule has 0 radical (unpaired) electrons. The SMILES string of the molecule is CCC(CCN)(CSc1ccccc1F)OC. The topological polar surface area (TPSA) is 35.2 Å². The minimum absolute atomic E-state index is 0.175. The van der Waals surface area contributed by atoms with Crippen molar-refractivity contribution in [3.63, 3.8) is 0 Å².